The number of carbonyl (C=O) groups excluding carboxylic acids is 2. The molecule has 0 aliphatic rings. The predicted octanol–water partition coefficient (Wildman–Crippen LogP) is 7.58. The number of nitrogens with one attached hydrogen (secondary N) is 2. The topological polar surface area (TPSA) is 103 Å². The van der Waals surface area contributed by atoms with E-state index in [0.717, 1.165) is 41.7 Å². The molecule has 0 spiro atoms. The molecular formula is C35H46N2O6. The van der Waals surface area contributed by atoms with Gasteiger partial charge >= 0.3 is 0 Å². The molecule has 0 amide bonds. The quantitative estimate of drug-likeness (QED) is 0.121. The van der Waals surface area contributed by atoms with Crippen molar-refractivity contribution in [1.82, 2.24) is 10.6 Å². The summed E-state index contributed by atoms with van der Waals surface area (Å²) in [5.74, 6) is 2.13. The summed E-state index contributed by atoms with van der Waals surface area (Å²) in [6.45, 7) is 15.5. The highest BCUT2D eigenvalue weighted by atomic mass is 16.5. The van der Waals surface area contributed by atoms with Crippen LogP contribution in [-0.4, -0.2) is 48.9 Å². The van der Waals surface area contributed by atoms with E-state index in [4.69, 9.17) is 18.3 Å². The van der Waals surface area contributed by atoms with E-state index in [1.165, 1.54) is 0 Å². The molecule has 4 rings (SSSR count). The summed E-state index contributed by atoms with van der Waals surface area (Å²) < 4.78 is 23.7. The van der Waals surface area contributed by atoms with Gasteiger partial charge in [-0.25, -0.2) is 0 Å². The molecule has 43 heavy (non-hydrogen) atoms. The van der Waals surface area contributed by atoms with E-state index in [0.29, 0.717) is 41.7 Å². The summed E-state index contributed by atoms with van der Waals surface area (Å²) in [7, 11) is 0. The van der Waals surface area contributed by atoms with Crippen LogP contribution in [0.4, 0.5) is 0 Å². The number of hydrogen-bond donors (Lipinski definition) is 2. The third-order valence-corrected chi connectivity index (χ3v) is 7.30. The predicted molar refractivity (Wildman–Crippen MR) is 171 cm³/mol. The number of ketones is 2. The summed E-state index contributed by atoms with van der Waals surface area (Å²) in [6.07, 6.45) is 1.99. The van der Waals surface area contributed by atoms with E-state index < -0.39 is 0 Å². The number of fused-ring (bicyclic) bond motifs is 2. The summed E-state index contributed by atoms with van der Waals surface area (Å²) in [4.78, 5) is 25.1. The largest absolute Gasteiger partial charge is 0.489 e. The van der Waals surface area contributed by atoms with Gasteiger partial charge in [-0.3, -0.25) is 9.59 Å². The average Bonchev–Trinajstić information content (AvgIpc) is 3.58. The minimum Gasteiger partial charge on any atom is -0.489 e. The summed E-state index contributed by atoms with van der Waals surface area (Å²) in [5.41, 5.74) is 1.36. The monoisotopic (exact) mass is 590 g/mol. The highest BCUT2D eigenvalue weighted by molar-refractivity contribution is 5.99. The van der Waals surface area contributed by atoms with Gasteiger partial charge in [-0.15, -0.1) is 0 Å². The highest BCUT2D eigenvalue weighted by Gasteiger charge is 2.17. The summed E-state index contributed by atoms with van der Waals surface area (Å²) >= 11 is 0. The molecule has 0 aliphatic carbocycles. The fourth-order valence-electron chi connectivity index (χ4n) is 4.84. The van der Waals surface area contributed by atoms with Gasteiger partial charge in [0.15, 0.2) is 17.3 Å². The Hall–Kier alpha value is -3.62. The van der Waals surface area contributed by atoms with Crippen LogP contribution in [0.25, 0.3) is 21.9 Å². The maximum absolute atomic E-state index is 12.8. The van der Waals surface area contributed by atoms with Gasteiger partial charge in [-0.1, -0.05) is 27.7 Å². The molecular weight excluding hydrogens is 544 g/mol. The number of ether oxygens (including phenoxy) is 2. The lowest BCUT2D eigenvalue weighted by molar-refractivity contribution is 0.0912. The zero-order chi connectivity index (χ0) is 31.1. The maximum Gasteiger partial charge on any atom is 0.200 e. The number of carbonyl (C=O) groups is 2. The molecule has 0 bridgehead atoms. The van der Waals surface area contributed by atoms with Crippen molar-refractivity contribution < 1.29 is 27.9 Å². The molecule has 2 aromatic carbocycles. The van der Waals surface area contributed by atoms with Crippen LogP contribution in [0.1, 0.15) is 88.8 Å². The number of rotatable bonds is 17. The first-order valence-corrected chi connectivity index (χ1v) is 15.4. The van der Waals surface area contributed by atoms with Crippen LogP contribution in [0.5, 0.6) is 11.5 Å². The van der Waals surface area contributed by atoms with Gasteiger partial charge in [0.2, 0.25) is 5.78 Å². The van der Waals surface area contributed by atoms with E-state index in [2.05, 4.69) is 31.4 Å². The number of hydrogen-bond acceptors (Lipinski definition) is 8. The maximum atomic E-state index is 12.8. The second-order valence-electron chi connectivity index (χ2n) is 12.2. The first-order chi connectivity index (χ1) is 20.5. The first-order valence-electron chi connectivity index (χ1n) is 15.4. The molecule has 8 nitrogen and oxygen atoms in total. The second-order valence-corrected chi connectivity index (χ2v) is 12.2. The average molecular weight is 591 g/mol. The Labute approximate surface area is 254 Å². The second kappa shape index (κ2) is 14.7. The van der Waals surface area contributed by atoms with Gasteiger partial charge < -0.3 is 28.9 Å². The molecule has 0 fully saturated rings. The van der Waals surface area contributed by atoms with E-state index in [9.17, 15) is 9.59 Å². The highest BCUT2D eigenvalue weighted by Crippen LogP contribution is 2.27. The van der Waals surface area contributed by atoms with Gasteiger partial charge in [0, 0.05) is 48.3 Å². The van der Waals surface area contributed by atoms with Crippen LogP contribution in [0.2, 0.25) is 0 Å². The Bertz CT molecular complexity index is 1520. The van der Waals surface area contributed by atoms with Crippen molar-refractivity contribution in [2.45, 2.75) is 92.0 Å². The molecule has 2 N–H and O–H groups in total. The van der Waals surface area contributed by atoms with Crippen molar-refractivity contribution in [3.63, 3.8) is 0 Å². The van der Waals surface area contributed by atoms with Gasteiger partial charge in [0.1, 0.15) is 34.9 Å². The lowest BCUT2D eigenvalue weighted by atomic mass is 10.1. The molecule has 0 radical (unpaired) electrons. The van der Waals surface area contributed by atoms with Crippen LogP contribution in [0, 0.1) is 5.92 Å². The standard InChI is InChI=1S/C35H46N2O6/c1-21(2)35(39)34-18-27-16-29(12-14-32(27)43-34)41-25(7)20-37-23(5)9-8-10-30(38)33-17-26-15-28(11-13-31(26)42-33)40-24(6)19-36-22(3)4/h11-18,21-25,36-37H,8-10,19-20H2,1-7H3/t23?,24-,25+/m0/s1. The molecule has 2 aromatic heterocycles. The summed E-state index contributed by atoms with van der Waals surface area (Å²) in [6, 6.07) is 15.5. The number of furan rings is 2. The zero-order valence-electron chi connectivity index (χ0n) is 26.5. The van der Waals surface area contributed by atoms with E-state index in [1.54, 1.807) is 6.07 Å². The third-order valence-electron chi connectivity index (χ3n) is 7.30. The molecule has 4 aromatic rings. The summed E-state index contributed by atoms with van der Waals surface area (Å²) in [5, 5.41) is 8.59. The van der Waals surface area contributed by atoms with Crippen molar-refractivity contribution in [3.05, 3.63) is 60.1 Å². The zero-order valence-corrected chi connectivity index (χ0v) is 26.5. The Morgan fingerprint density at radius 2 is 1.26 bits per heavy atom. The van der Waals surface area contributed by atoms with E-state index in [-0.39, 0.29) is 35.7 Å². The smallest absolute Gasteiger partial charge is 0.200 e. The molecule has 8 heteroatoms. The molecule has 0 saturated heterocycles. The van der Waals surface area contributed by atoms with Gasteiger partial charge in [0.05, 0.1) is 0 Å². The Morgan fingerprint density at radius 3 is 1.81 bits per heavy atom. The van der Waals surface area contributed by atoms with Crippen molar-refractivity contribution in [2.75, 3.05) is 13.1 Å². The van der Waals surface area contributed by atoms with Gasteiger partial charge in [0.25, 0.3) is 0 Å². The van der Waals surface area contributed by atoms with Crippen molar-refractivity contribution >= 4 is 33.5 Å². The minimum atomic E-state index is -0.117. The molecule has 3 atom stereocenters. The Morgan fingerprint density at radius 1 is 0.721 bits per heavy atom. The first kappa shape index (κ1) is 32.3. The van der Waals surface area contributed by atoms with Crippen molar-refractivity contribution in [1.29, 1.82) is 0 Å². The van der Waals surface area contributed by atoms with E-state index in [1.807, 2.05) is 70.2 Å². The van der Waals surface area contributed by atoms with Crippen LogP contribution in [0.3, 0.4) is 0 Å². The Balaban J connectivity index is 1.19. The molecule has 0 aliphatic heterocycles. The van der Waals surface area contributed by atoms with E-state index >= 15 is 0 Å². The van der Waals surface area contributed by atoms with Crippen molar-refractivity contribution in [2.24, 2.45) is 5.92 Å². The lowest BCUT2D eigenvalue weighted by Crippen LogP contribution is -2.35. The fraction of sp³-hybridized carbons (Fsp3) is 0.486. The van der Waals surface area contributed by atoms with Crippen LogP contribution in [0.15, 0.2) is 57.4 Å². The number of Topliss-reactive ketones (excluding diaryl/α,β-unsaturated/α-hetero) is 2. The normalized spacial score (nSPS) is 14.0. The fourth-order valence-corrected chi connectivity index (χ4v) is 4.84. The molecule has 0 saturated carbocycles. The molecule has 232 valence electrons. The SMILES string of the molecule is CC(C)NC[C@H](C)Oc1ccc2oc(C(=O)CCCC(C)NC[C@@H](C)Oc3ccc4oc(C(=O)C(C)C)cc4c3)cc2c1. The van der Waals surface area contributed by atoms with Crippen LogP contribution in [-0.2, 0) is 0 Å². The van der Waals surface area contributed by atoms with Crippen molar-refractivity contribution in [3.8, 4) is 11.5 Å². The van der Waals surface area contributed by atoms with Crippen LogP contribution < -0.4 is 20.1 Å². The minimum absolute atomic E-state index is 0.00459. The third kappa shape index (κ3) is 9.18. The van der Waals surface area contributed by atoms with Gasteiger partial charge in [-0.05, 0) is 82.1 Å². The van der Waals surface area contributed by atoms with Crippen LogP contribution >= 0.6 is 0 Å². The lowest BCUT2D eigenvalue weighted by Gasteiger charge is -2.19. The molecule has 1 unspecified atom stereocenters. The van der Waals surface area contributed by atoms with Gasteiger partial charge in [-0.2, -0.15) is 0 Å². The molecule has 2 heterocycles. The number of benzene rings is 2. The Kier molecular flexibility index (Phi) is 11.0.